The summed E-state index contributed by atoms with van der Waals surface area (Å²) in [4.78, 5) is 4.72. The maximum absolute atomic E-state index is 8.97. The van der Waals surface area contributed by atoms with Crippen LogP contribution in [0.4, 0.5) is 0 Å². The molecule has 1 atom stereocenters. The molecule has 0 saturated carbocycles. The maximum atomic E-state index is 8.97. The van der Waals surface area contributed by atoms with E-state index in [4.69, 9.17) is 5.26 Å². The van der Waals surface area contributed by atoms with Gasteiger partial charge in [-0.05, 0) is 26.3 Å². The zero-order chi connectivity index (χ0) is 14.5. The molecule has 1 aromatic heterocycles. The fourth-order valence-electron chi connectivity index (χ4n) is 2.71. The molecule has 0 radical (unpaired) electrons. The Morgan fingerprint density at radius 2 is 2.00 bits per heavy atom. The van der Waals surface area contributed by atoms with Gasteiger partial charge in [0.1, 0.15) is 0 Å². The highest BCUT2D eigenvalue weighted by atomic mass is 15.3. The minimum Gasteiger partial charge on any atom is -0.295 e. The highest BCUT2D eigenvalue weighted by Gasteiger charge is 2.21. The minimum atomic E-state index is 0.0324. The number of nitrogens with zero attached hydrogens (tertiary/aromatic N) is 5. The van der Waals surface area contributed by atoms with Crippen LogP contribution >= 0.6 is 0 Å². The fraction of sp³-hybridized carbons (Fsp3) is 0.733. The lowest BCUT2D eigenvalue weighted by Gasteiger charge is -2.35. The second kappa shape index (κ2) is 6.87. The van der Waals surface area contributed by atoms with E-state index in [1.807, 2.05) is 6.92 Å². The Bertz CT molecular complexity index is 465. The number of hydrogen-bond donors (Lipinski definition) is 0. The van der Waals surface area contributed by atoms with Gasteiger partial charge >= 0.3 is 0 Å². The molecule has 1 unspecified atom stereocenters. The number of hydrogen-bond acceptors (Lipinski definition) is 4. The van der Waals surface area contributed by atoms with Crippen LogP contribution in [0.3, 0.4) is 0 Å². The smallest absolute Gasteiger partial charge is 0.0950 e. The summed E-state index contributed by atoms with van der Waals surface area (Å²) in [6.07, 6.45) is 0.994. The van der Waals surface area contributed by atoms with Gasteiger partial charge in [-0.1, -0.05) is 6.92 Å². The van der Waals surface area contributed by atoms with Crippen molar-refractivity contribution >= 4 is 0 Å². The average molecular weight is 275 g/mol. The number of nitriles is 1. The Balaban J connectivity index is 1.92. The zero-order valence-corrected chi connectivity index (χ0v) is 12.8. The molecule has 5 nitrogen and oxygen atoms in total. The second-order valence-electron chi connectivity index (χ2n) is 5.41. The van der Waals surface area contributed by atoms with Crippen molar-refractivity contribution < 1.29 is 0 Å². The van der Waals surface area contributed by atoms with Crippen LogP contribution in [-0.4, -0.2) is 51.8 Å². The van der Waals surface area contributed by atoms with Crippen molar-refractivity contribution in [3.8, 4) is 6.07 Å². The van der Waals surface area contributed by atoms with E-state index >= 15 is 0 Å². The first-order valence-corrected chi connectivity index (χ1v) is 7.59. The number of rotatable bonds is 5. The van der Waals surface area contributed by atoms with Gasteiger partial charge in [0, 0.05) is 39.3 Å². The monoisotopic (exact) mass is 275 g/mol. The van der Waals surface area contributed by atoms with Gasteiger partial charge < -0.3 is 0 Å². The van der Waals surface area contributed by atoms with Gasteiger partial charge in [-0.2, -0.15) is 10.4 Å². The Kier molecular flexibility index (Phi) is 5.16. The minimum absolute atomic E-state index is 0.0324. The van der Waals surface area contributed by atoms with Crippen LogP contribution in [0.1, 0.15) is 32.2 Å². The van der Waals surface area contributed by atoms with Gasteiger partial charge in [0.2, 0.25) is 0 Å². The largest absolute Gasteiger partial charge is 0.295 e. The Morgan fingerprint density at radius 1 is 1.30 bits per heavy atom. The predicted octanol–water partition coefficient (Wildman–Crippen LogP) is 1.50. The zero-order valence-electron chi connectivity index (χ0n) is 12.8. The molecule has 0 aromatic carbocycles. The second-order valence-corrected chi connectivity index (χ2v) is 5.41. The van der Waals surface area contributed by atoms with Crippen molar-refractivity contribution in [3.05, 3.63) is 17.5 Å². The molecule has 1 aliphatic heterocycles. The molecule has 1 fully saturated rings. The third-order valence-electron chi connectivity index (χ3n) is 4.10. The molecular formula is C15H25N5. The highest BCUT2D eigenvalue weighted by Crippen LogP contribution is 2.12. The van der Waals surface area contributed by atoms with Crippen LogP contribution < -0.4 is 0 Å². The summed E-state index contributed by atoms with van der Waals surface area (Å²) in [7, 11) is 0. The molecule has 1 saturated heterocycles. The van der Waals surface area contributed by atoms with E-state index < -0.39 is 0 Å². The summed E-state index contributed by atoms with van der Waals surface area (Å²) >= 11 is 0. The van der Waals surface area contributed by atoms with E-state index in [-0.39, 0.29) is 6.04 Å². The van der Waals surface area contributed by atoms with E-state index in [9.17, 15) is 0 Å². The van der Waals surface area contributed by atoms with Crippen LogP contribution in [0.2, 0.25) is 0 Å². The predicted molar refractivity (Wildman–Crippen MR) is 79.2 cm³/mol. The normalized spacial score (nSPS) is 18.9. The van der Waals surface area contributed by atoms with E-state index in [0.717, 1.165) is 45.7 Å². The molecule has 110 valence electrons. The van der Waals surface area contributed by atoms with E-state index in [0.29, 0.717) is 0 Å². The standard InChI is InChI=1S/C15H25N5/c1-4-14-10-15(20(5-2)17-14)12-18-6-8-19(9-7-18)13(3)11-16/h10,13H,4-9,12H2,1-3H3. The first-order valence-electron chi connectivity index (χ1n) is 7.59. The third-order valence-corrected chi connectivity index (χ3v) is 4.10. The van der Waals surface area contributed by atoms with Gasteiger partial charge in [0.05, 0.1) is 23.5 Å². The van der Waals surface area contributed by atoms with E-state index in [2.05, 4.69) is 45.6 Å². The molecular weight excluding hydrogens is 250 g/mol. The molecule has 2 rings (SSSR count). The first kappa shape index (κ1) is 15.0. The van der Waals surface area contributed by atoms with Gasteiger partial charge in [0.25, 0.3) is 0 Å². The highest BCUT2D eigenvalue weighted by molar-refractivity contribution is 5.10. The molecule has 2 heterocycles. The van der Waals surface area contributed by atoms with Gasteiger partial charge in [0.15, 0.2) is 0 Å². The van der Waals surface area contributed by atoms with Crippen LogP contribution in [-0.2, 0) is 19.5 Å². The number of piperazine rings is 1. The topological polar surface area (TPSA) is 48.1 Å². The third kappa shape index (κ3) is 3.38. The maximum Gasteiger partial charge on any atom is 0.0950 e. The van der Waals surface area contributed by atoms with Gasteiger partial charge in [-0.15, -0.1) is 0 Å². The summed E-state index contributed by atoms with van der Waals surface area (Å²) in [5, 5.41) is 13.6. The van der Waals surface area contributed by atoms with Crippen LogP contribution in [0, 0.1) is 11.3 Å². The average Bonchev–Trinajstić information content (AvgIpc) is 2.89. The van der Waals surface area contributed by atoms with E-state index in [1.165, 1.54) is 11.4 Å². The summed E-state index contributed by atoms with van der Waals surface area (Å²) in [6, 6.07) is 4.58. The molecule has 0 bridgehead atoms. The summed E-state index contributed by atoms with van der Waals surface area (Å²) in [6.45, 7) is 12.2. The lowest BCUT2D eigenvalue weighted by molar-refractivity contribution is 0.112. The van der Waals surface area contributed by atoms with Crippen LogP contribution in [0.15, 0.2) is 6.07 Å². The lowest BCUT2D eigenvalue weighted by atomic mass is 10.2. The SMILES string of the molecule is CCc1cc(CN2CCN(C(C)C#N)CC2)n(CC)n1. The van der Waals surface area contributed by atoms with Crippen molar-refractivity contribution in [2.75, 3.05) is 26.2 Å². The molecule has 1 aliphatic rings. The molecule has 0 amide bonds. The van der Waals surface area contributed by atoms with Crippen molar-refractivity contribution in [1.29, 1.82) is 5.26 Å². The van der Waals surface area contributed by atoms with Crippen molar-refractivity contribution in [1.82, 2.24) is 19.6 Å². The fourth-order valence-corrected chi connectivity index (χ4v) is 2.71. The summed E-state index contributed by atoms with van der Waals surface area (Å²) in [5.74, 6) is 0. The summed E-state index contributed by atoms with van der Waals surface area (Å²) in [5.41, 5.74) is 2.49. The molecule has 1 aromatic rings. The number of aromatic nitrogens is 2. The Hall–Kier alpha value is -1.38. The quantitative estimate of drug-likeness (QED) is 0.817. The van der Waals surface area contributed by atoms with Crippen molar-refractivity contribution in [2.45, 2.75) is 46.3 Å². The van der Waals surface area contributed by atoms with Crippen LogP contribution in [0.5, 0.6) is 0 Å². The lowest BCUT2D eigenvalue weighted by Crippen LogP contribution is -2.48. The summed E-state index contributed by atoms with van der Waals surface area (Å²) < 4.78 is 2.11. The molecule has 5 heteroatoms. The van der Waals surface area contributed by atoms with Crippen molar-refractivity contribution in [2.24, 2.45) is 0 Å². The number of aryl methyl sites for hydroxylation is 2. The molecule has 0 N–H and O–H groups in total. The first-order chi connectivity index (χ1) is 9.67. The Morgan fingerprint density at radius 3 is 2.55 bits per heavy atom. The van der Waals surface area contributed by atoms with Gasteiger partial charge in [-0.25, -0.2) is 0 Å². The molecule has 0 spiro atoms. The molecule has 0 aliphatic carbocycles. The molecule has 20 heavy (non-hydrogen) atoms. The Labute approximate surface area is 121 Å². The van der Waals surface area contributed by atoms with Crippen LogP contribution in [0.25, 0.3) is 0 Å². The van der Waals surface area contributed by atoms with Crippen molar-refractivity contribution in [3.63, 3.8) is 0 Å². The van der Waals surface area contributed by atoms with E-state index in [1.54, 1.807) is 0 Å². The van der Waals surface area contributed by atoms with Gasteiger partial charge in [-0.3, -0.25) is 14.5 Å².